The fourth-order valence-electron chi connectivity index (χ4n) is 2.78. The Bertz CT molecular complexity index is 487. The monoisotopic (exact) mass is 271 g/mol. The molecule has 0 radical (unpaired) electrons. The third-order valence-corrected chi connectivity index (χ3v) is 3.80. The van der Waals surface area contributed by atoms with Crippen LogP contribution in [-0.2, 0) is 0 Å². The number of hydrogen-bond acceptors (Lipinski definition) is 4. The van der Waals surface area contributed by atoms with Crippen LogP contribution in [0.3, 0.4) is 0 Å². The molecule has 1 heterocycles. The highest BCUT2D eigenvalue weighted by Crippen LogP contribution is 2.16. The Morgan fingerprint density at radius 3 is 2.85 bits per heavy atom. The number of likely N-dealkylation sites (tertiary alicyclic amines) is 1. The molecule has 4 nitrogen and oxygen atoms in total. The smallest absolute Gasteiger partial charge is 0.176 e. The van der Waals surface area contributed by atoms with Gasteiger partial charge in [0.25, 0.3) is 0 Å². The van der Waals surface area contributed by atoms with Gasteiger partial charge in [-0.3, -0.25) is 9.69 Å². The number of nitrogens with one attached hydrogen (secondary N) is 1. The number of ketones is 1. The van der Waals surface area contributed by atoms with Crippen molar-refractivity contribution in [2.24, 2.45) is 5.92 Å². The maximum atomic E-state index is 12.2. The fraction of sp³-hybridized carbons (Fsp3) is 0.500. The number of Topliss-reactive ketones (excluding diaryl/α,β-unsaturated/α-hetero) is 1. The molecule has 0 aliphatic carbocycles. The van der Waals surface area contributed by atoms with Gasteiger partial charge in [-0.2, -0.15) is 5.26 Å². The summed E-state index contributed by atoms with van der Waals surface area (Å²) < 4.78 is 0. The Hall–Kier alpha value is -1.70. The summed E-state index contributed by atoms with van der Waals surface area (Å²) in [7, 11) is 1.97. The number of piperidine rings is 1. The highest BCUT2D eigenvalue weighted by Gasteiger charge is 2.21. The van der Waals surface area contributed by atoms with Gasteiger partial charge in [0.2, 0.25) is 0 Å². The van der Waals surface area contributed by atoms with E-state index < -0.39 is 0 Å². The number of carbonyl (C=O) groups excluding carboxylic acids is 1. The van der Waals surface area contributed by atoms with Crippen molar-refractivity contribution in [3.8, 4) is 6.07 Å². The molecule has 1 aliphatic rings. The van der Waals surface area contributed by atoms with E-state index in [-0.39, 0.29) is 5.78 Å². The fourth-order valence-corrected chi connectivity index (χ4v) is 2.78. The molecule has 1 aromatic carbocycles. The maximum absolute atomic E-state index is 12.2. The number of rotatable bonds is 5. The van der Waals surface area contributed by atoms with Gasteiger partial charge < -0.3 is 5.32 Å². The van der Waals surface area contributed by atoms with Crippen LogP contribution in [0, 0.1) is 17.2 Å². The summed E-state index contributed by atoms with van der Waals surface area (Å²) in [4.78, 5) is 14.5. The lowest BCUT2D eigenvalue weighted by molar-refractivity contribution is 0.0886. The highest BCUT2D eigenvalue weighted by atomic mass is 16.1. The predicted octanol–water partition coefficient (Wildman–Crippen LogP) is 1.67. The Kier molecular flexibility index (Phi) is 5.28. The van der Waals surface area contributed by atoms with Crippen molar-refractivity contribution in [1.82, 2.24) is 10.2 Å². The van der Waals surface area contributed by atoms with Crippen LogP contribution in [0.4, 0.5) is 0 Å². The Balaban J connectivity index is 1.91. The molecule has 1 aliphatic heterocycles. The zero-order valence-electron chi connectivity index (χ0n) is 11.9. The minimum atomic E-state index is 0.139. The number of nitrogens with zero attached hydrogens (tertiary/aromatic N) is 2. The third-order valence-electron chi connectivity index (χ3n) is 3.80. The third kappa shape index (κ3) is 3.89. The van der Waals surface area contributed by atoms with E-state index >= 15 is 0 Å². The first-order chi connectivity index (χ1) is 9.72. The van der Waals surface area contributed by atoms with E-state index in [1.165, 1.54) is 6.42 Å². The van der Waals surface area contributed by atoms with Gasteiger partial charge in [0.05, 0.1) is 18.2 Å². The molecular weight excluding hydrogens is 250 g/mol. The molecule has 0 saturated carbocycles. The van der Waals surface area contributed by atoms with Crippen LogP contribution in [0.15, 0.2) is 24.3 Å². The van der Waals surface area contributed by atoms with Gasteiger partial charge in [-0.25, -0.2) is 0 Å². The lowest BCUT2D eigenvalue weighted by atomic mass is 9.97. The van der Waals surface area contributed by atoms with E-state index in [1.54, 1.807) is 24.3 Å². The molecule has 1 fully saturated rings. The average molecular weight is 271 g/mol. The summed E-state index contributed by atoms with van der Waals surface area (Å²) in [6.07, 6.45) is 2.40. The summed E-state index contributed by atoms with van der Waals surface area (Å²) in [6.45, 7) is 3.48. The minimum absolute atomic E-state index is 0.139. The van der Waals surface area contributed by atoms with Crippen molar-refractivity contribution in [3.63, 3.8) is 0 Å². The van der Waals surface area contributed by atoms with E-state index in [1.807, 2.05) is 7.05 Å². The second-order valence-corrected chi connectivity index (χ2v) is 5.41. The van der Waals surface area contributed by atoms with Crippen molar-refractivity contribution in [2.45, 2.75) is 12.8 Å². The SMILES string of the molecule is CNCC1CCCN(CC(=O)c2ccc(C#N)cc2)C1. The average Bonchev–Trinajstić information content (AvgIpc) is 2.48. The summed E-state index contributed by atoms with van der Waals surface area (Å²) in [6, 6.07) is 8.96. The van der Waals surface area contributed by atoms with Gasteiger partial charge in [-0.05, 0) is 51.0 Å². The van der Waals surface area contributed by atoms with E-state index in [0.29, 0.717) is 23.6 Å². The van der Waals surface area contributed by atoms with Crippen LogP contribution in [-0.4, -0.2) is 43.9 Å². The second-order valence-electron chi connectivity index (χ2n) is 5.41. The quantitative estimate of drug-likeness (QED) is 0.828. The molecule has 4 heteroatoms. The maximum Gasteiger partial charge on any atom is 0.176 e. The molecule has 106 valence electrons. The van der Waals surface area contributed by atoms with Crippen LogP contribution in [0.25, 0.3) is 0 Å². The molecule has 0 aromatic heterocycles. The first kappa shape index (κ1) is 14.7. The van der Waals surface area contributed by atoms with Gasteiger partial charge in [-0.15, -0.1) is 0 Å². The molecule has 0 spiro atoms. The summed E-state index contributed by atoms with van der Waals surface area (Å²) in [5.74, 6) is 0.780. The van der Waals surface area contributed by atoms with Gasteiger partial charge in [0, 0.05) is 12.1 Å². The van der Waals surface area contributed by atoms with Gasteiger partial charge in [0.15, 0.2) is 5.78 Å². The first-order valence-corrected chi connectivity index (χ1v) is 7.13. The number of nitriles is 1. The molecule has 1 unspecified atom stereocenters. The predicted molar refractivity (Wildman–Crippen MR) is 78.6 cm³/mol. The summed E-state index contributed by atoms with van der Waals surface area (Å²) in [5, 5.41) is 12.0. The van der Waals surface area contributed by atoms with Gasteiger partial charge in [0.1, 0.15) is 0 Å². The molecule has 0 bridgehead atoms. The zero-order valence-corrected chi connectivity index (χ0v) is 11.9. The van der Waals surface area contributed by atoms with Crippen LogP contribution in [0.5, 0.6) is 0 Å². The minimum Gasteiger partial charge on any atom is -0.319 e. The van der Waals surface area contributed by atoms with Crippen molar-refractivity contribution in [2.75, 3.05) is 33.2 Å². The standard InChI is InChI=1S/C16H21N3O/c1-18-10-14-3-2-8-19(11-14)12-16(20)15-6-4-13(9-17)5-7-15/h4-7,14,18H,2-3,8,10-12H2,1H3. The topological polar surface area (TPSA) is 56.1 Å². The molecule has 0 amide bonds. The molecule has 1 N–H and O–H groups in total. The van der Waals surface area contributed by atoms with Crippen LogP contribution in [0.2, 0.25) is 0 Å². The Morgan fingerprint density at radius 1 is 1.45 bits per heavy atom. The summed E-state index contributed by atoms with van der Waals surface area (Å²) in [5.41, 5.74) is 1.29. The molecule has 1 atom stereocenters. The highest BCUT2D eigenvalue weighted by molar-refractivity contribution is 5.97. The van der Waals surface area contributed by atoms with Crippen LogP contribution in [0.1, 0.15) is 28.8 Å². The zero-order chi connectivity index (χ0) is 14.4. The van der Waals surface area contributed by atoms with Gasteiger partial charge in [-0.1, -0.05) is 12.1 Å². The molecule has 1 aromatic rings. The van der Waals surface area contributed by atoms with Gasteiger partial charge >= 0.3 is 0 Å². The molecule has 20 heavy (non-hydrogen) atoms. The van der Waals surface area contributed by atoms with Crippen LogP contribution >= 0.6 is 0 Å². The molecule has 2 rings (SSSR count). The van der Waals surface area contributed by atoms with E-state index in [2.05, 4.69) is 16.3 Å². The Labute approximate surface area is 120 Å². The second kappa shape index (κ2) is 7.18. The number of benzene rings is 1. The van der Waals surface area contributed by atoms with Crippen molar-refractivity contribution >= 4 is 5.78 Å². The Morgan fingerprint density at radius 2 is 2.20 bits per heavy atom. The lowest BCUT2D eigenvalue weighted by Crippen LogP contribution is -2.41. The number of carbonyl (C=O) groups is 1. The molecule has 1 saturated heterocycles. The van der Waals surface area contributed by atoms with Crippen LogP contribution < -0.4 is 5.32 Å². The number of hydrogen-bond donors (Lipinski definition) is 1. The van der Waals surface area contributed by atoms with Crippen molar-refractivity contribution in [3.05, 3.63) is 35.4 Å². The largest absolute Gasteiger partial charge is 0.319 e. The summed E-state index contributed by atoms with van der Waals surface area (Å²) >= 11 is 0. The molecular formula is C16H21N3O. The first-order valence-electron chi connectivity index (χ1n) is 7.13. The van der Waals surface area contributed by atoms with Crippen molar-refractivity contribution < 1.29 is 4.79 Å². The van der Waals surface area contributed by atoms with Crippen molar-refractivity contribution in [1.29, 1.82) is 5.26 Å². The normalized spacial score (nSPS) is 19.5. The van der Waals surface area contributed by atoms with E-state index in [0.717, 1.165) is 26.1 Å². The van der Waals surface area contributed by atoms with E-state index in [9.17, 15) is 4.79 Å². The lowest BCUT2D eigenvalue weighted by Gasteiger charge is -2.32. The van der Waals surface area contributed by atoms with E-state index in [4.69, 9.17) is 5.26 Å².